The van der Waals surface area contributed by atoms with Crippen LogP contribution in [-0.4, -0.2) is 73.5 Å². The third-order valence-electron chi connectivity index (χ3n) is 5.30. The molecule has 2 aliphatic rings. The Morgan fingerprint density at radius 3 is 2.63 bits per heavy atom. The van der Waals surface area contributed by atoms with Gasteiger partial charge in [-0.1, -0.05) is 0 Å². The molecule has 0 aliphatic carbocycles. The van der Waals surface area contributed by atoms with Gasteiger partial charge in [0.15, 0.2) is 5.96 Å². The summed E-state index contributed by atoms with van der Waals surface area (Å²) in [5.41, 5.74) is 0. The number of nitrogens with zero attached hydrogens (tertiary/aromatic N) is 3. The molecule has 1 N–H and O–H groups in total. The third kappa shape index (κ3) is 7.12. The van der Waals surface area contributed by atoms with E-state index >= 15 is 0 Å². The lowest BCUT2D eigenvalue weighted by atomic mass is 9.98. The summed E-state index contributed by atoms with van der Waals surface area (Å²) in [4.78, 5) is 32.9. The minimum absolute atomic E-state index is 0. The van der Waals surface area contributed by atoms with Crippen LogP contribution in [-0.2, 0) is 14.3 Å². The molecule has 0 saturated carbocycles. The van der Waals surface area contributed by atoms with E-state index in [1.54, 1.807) is 7.05 Å². The van der Waals surface area contributed by atoms with Crippen LogP contribution >= 0.6 is 24.0 Å². The summed E-state index contributed by atoms with van der Waals surface area (Å²) in [7, 11) is 1.74. The largest absolute Gasteiger partial charge is 0.466 e. The maximum Gasteiger partial charge on any atom is 0.310 e. The van der Waals surface area contributed by atoms with E-state index in [1.807, 2.05) is 11.8 Å². The van der Waals surface area contributed by atoms with Crippen molar-refractivity contribution in [3.05, 3.63) is 0 Å². The second kappa shape index (κ2) is 12.4. The molecule has 2 atom stereocenters. The van der Waals surface area contributed by atoms with E-state index < -0.39 is 0 Å². The number of guanidine groups is 1. The average molecular weight is 494 g/mol. The number of carbonyl (C=O) groups excluding carboxylic acids is 2. The zero-order chi connectivity index (χ0) is 18.9. The van der Waals surface area contributed by atoms with E-state index in [1.165, 1.54) is 6.42 Å². The molecule has 8 heteroatoms. The van der Waals surface area contributed by atoms with E-state index in [2.05, 4.69) is 22.1 Å². The van der Waals surface area contributed by atoms with Gasteiger partial charge in [-0.2, -0.15) is 0 Å². The van der Waals surface area contributed by atoms with Gasteiger partial charge in [0.1, 0.15) is 0 Å². The summed E-state index contributed by atoms with van der Waals surface area (Å²) in [6.07, 6.45) is 5.69. The maximum absolute atomic E-state index is 12.4. The lowest BCUT2D eigenvalue weighted by Crippen LogP contribution is -2.49. The molecule has 2 rings (SSSR count). The van der Waals surface area contributed by atoms with Gasteiger partial charge in [-0.15, -0.1) is 24.0 Å². The van der Waals surface area contributed by atoms with Crippen LogP contribution in [0.15, 0.2) is 4.99 Å². The summed E-state index contributed by atoms with van der Waals surface area (Å²) < 4.78 is 5.16. The lowest BCUT2D eigenvalue weighted by molar-refractivity contribution is -0.149. The first kappa shape index (κ1) is 24.0. The Morgan fingerprint density at radius 1 is 1.19 bits per heavy atom. The number of nitrogens with one attached hydrogen (secondary N) is 1. The van der Waals surface area contributed by atoms with Crippen LogP contribution in [0, 0.1) is 5.92 Å². The Bertz CT molecular complexity index is 515. The number of esters is 1. The van der Waals surface area contributed by atoms with Crippen LogP contribution in [0.3, 0.4) is 0 Å². The Balaban J connectivity index is 0.00000364. The second-order valence-corrected chi connectivity index (χ2v) is 7.19. The Labute approximate surface area is 180 Å². The number of carbonyl (C=O) groups is 2. The van der Waals surface area contributed by atoms with Gasteiger partial charge in [0, 0.05) is 45.7 Å². The van der Waals surface area contributed by atoms with Gasteiger partial charge in [-0.25, -0.2) is 0 Å². The highest BCUT2D eigenvalue weighted by molar-refractivity contribution is 14.0. The molecule has 1 amide bonds. The van der Waals surface area contributed by atoms with Crippen molar-refractivity contribution in [2.75, 3.05) is 39.8 Å². The molecule has 156 valence electrons. The molecule has 0 radical (unpaired) electrons. The molecular formula is C19H35IN4O3. The summed E-state index contributed by atoms with van der Waals surface area (Å²) >= 11 is 0. The molecule has 2 saturated heterocycles. The van der Waals surface area contributed by atoms with Crippen molar-refractivity contribution in [2.45, 2.75) is 58.4 Å². The van der Waals surface area contributed by atoms with Crippen LogP contribution in [0.25, 0.3) is 0 Å². The third-order valence-corrected chi connectivity index (χ3v) is 5.30. The van der Waals surface area contributed by atoms with Crippen molar-refractivity contribution in [1.29, 1.82) is 0 Å². The molecule has 2 fully saturated rings. The lowest BCUT2D eigenvalue weighted by Gasteiger charge is -2.35. The maximum atomic E-state index is 12.4. The number of halogens is 1. The number of hydrogen-bond donors (Lipinski definition) is 1. The molecule has 2 unspecified atom stereocenters. The van der Waals surface area contributed by atoms with Crippen LogP contribution in [0.1, 0.15) is 52.4 Å². The van der Waals surface area contributed by atoms with Gasteiger partial charge in [-0.05, 0) is 46.0 Å². The molecule has 0 bridgehead atoms. The molecule has 0 aromatic rings. The molecule has 2 aliphatic heterocycles. The van der Waals surface area contributed by atoms with Crippen molar-refractivity contribution in [1.82, 2.24) is 15.1 Å². The van der Waals surface area contributed by atoms with Gasteiger partial charge in [0.05, 0.1) is 12.5 Å². The van der Waals surface area contributed by atoms with Crippen molar-refractivity contribution in [3.8, 4) is 0 Å². The summed E-state index contributed by atoms with van der Waals surface area (Å²) in [5, 5.41) is 3.29. The Morgan fingerprint density at radius 2 is 1.96 bits per heavy atom. The summed E-state index contributed by atoms with van der Waals surface area (Å²) in [6.45, 7) is 7.31. The van der Waals surface area contributed by atoms with E-state index in [9.17, 15) is 9.59 Å². The van der Waals surface area contributed by atoms with Crippen LogP contribution in [0.2, 0.25) is 0 Å². The van der Waals surface area contributed by atoms with Gasteiger partial charge in [0.25, 0.3) is 0 Å². The van der Waals surface area contributed by atoms with Gasteiger partial charge >= 0.3 is 5.97 Å². The Kier molecular flexibility index (Phi) is 11.0. The fourth-order valence-corrected chi connectivity index (χ4v) is 3.85. The number of likely N-dealkylation sites (tertiary alicyclic amines) is 2. The fourth-order valence-electron chi connectivity index (χ4n) is 3.85. The second-order valence-electron chi connectivity index (χ2n) is 7.19. The monoisotopic (exact) mass is 494 g/mol. The van der Waals surface area contributed by atoms with E-state index in [4.69, 9.17) is 4.74 Å². The smallest absolute Gasteiger partial charge is 0.310 e. The van der Waals surface area contributed by atoms with E-state index in [0.717, 1.165) is 44.7 Å². The SMILES string of the molecule is CCOC(=O)C1CCCN(C(=NC)NCCC(=O)N2CCCCC2C)C1.I. The Hall–Kier alpha value is -1.06. The van der Waals surface area contributed by atoms with Crippen molar-refractivity contribution in [2.24, 2.45) is 10.9 Å². The molecule has 0 spiro atoms. The quantitative estimate of drug-likeness (QED) is 0.275. The zero-order valence-electron chi connectivity index (χ0n) is 16.9. The van der Waals surface area contributed by atoms with E-state index in [-0.39, 0.29) is 41.8 Å². The molecule has 27 heavy (non-hydrogen) atoms. The highest BCUT2D eigenvalue weighted by Gasteiger charge is 2.28. The molecule has 0 aromatic carbocycles. The normalized spacial score (nSPS) is 23.4. The first-order valence-electron chi connectivity index (χ1n) is 9.98. The van der Waals surface area contributed by atoms with E-state index in [0.29, 0.717) is 32.2 Å². The number of amides is 1. The number of aliphatic imine (C=N–C) groups is 1. The highest BCUT2D eigenvalue weighted by Crippen LogP contribution is 2.19. The zero-order valence-corrected chi connectivity index (χ0v) is 19.2. The van der Waals surface area contributed by atoms with Gasteiger partial charge in [-0.3, -0.25) is 14.6 Å². The van der Waals surface area contributed by atoms with Crippen molar-refractivity contribution < 1.29 is 14.3 Å². The van der Waals surface area contributed by atoms with Gasteiger partial charge in [0.2, 0.25) is 5.91 Å². The summed E-state index contributed by atoms with van der Waals surface area (Å²) in [5.74, 6) is 0.752. The first-order valence-corrected chi connectivity index (χ1v) is 9.98. The average Bonchev–Trinajstić information content (AvgIpc) is 2.65. The van der Waals surface area contributed by atoms with Crippen molar-refractivity contribution >= 4 is 41.8 Å². The first-order chi connectivity index (χ1) is 12.6. The van der Waals surface area contributed by atoms with Crippen LogP contribution in [0.4, 0.5) is 0 Å². The summed E-state index contributed by atoms with van der Waals surface area (Å²) in [6, 6.07) is 0.350. The number of ether oxygens (including phenoxy) is 1. The van der Waals surface area contributed by atoms with Crippen molar-refractivity contribution in [3.63, 3.8) is 0 Å². The van der Waals surface area contributed by atoms with Crippen LogP contribution < -0.4 is 5.32 Å². The molecule has 7 nitrogen and oxygen atoms in total. The predicted molar refractivity (Wildman–Crippen MR) is 117 cm³/mol. The van der Waals surface area contributed by atoms with Gasteiger partial charge < -0.3 is 19.9 Å². The minimum Gasteiger partial charge on any atom is -0.466 e. The van der Waals surface area contributed by atoms with Crippen LogP contribution in [0.5, 0.6) is 0 Å². The number of rotatable bonds is 5. The molecule has 0 aromatic heterocycles. The molecule has 2 heterocycles. The predicted octanol–water partition coefficient (Wildman–Crippen LogP) is 2.25. The highest BCUT2D eigenvalue weighted by atomic mass is 127. The topological polar surface area (TPSA) is 74.2 Å². The molecular weight excluding hydrogens is 459 g/mol. The number of hydrogen-bond acceptors (Lipinski definition) is 4. The number of piperidine rings is 2. The standard InChI is InChI=1S/C19H34N4O3.HI/c1-4-26-18(25)16-9-7-12-22(14-16)19(20-3)21-11-10-17(24)23-13-6-5-8-15(23)2;/h15-16H,4-14H2,1-3H3,(H,20,21);1H. The minimum atomic E-state index is -0.123. The fraction of sp³-hybridized carbons (Fsp3) is 0.842.